The fraction of sp³-hybridized carbons (Fsp3) is 0.167. The summed E-state index contributed by atoms with van der Waals surface area (Å²) in [6.45, 7) is 4.32. The average molecular weight is 508 g/mol. The number of nitrogens with one attached hydrogen (secondary N) is 1. The minimum atomic E-state index is -0.109. The monoisotopic (exact) mass is 507 g/mol. The number of amides is 1. The molecule has 0 saturated carbocycles. The van der Waals surface area contributed by atoms with Crippen LogP contribution in [0.1, 0.15) is 25.3 Å². The first-order valence-electron chi connectivity index (χ1n) is 10.2. The second-order valence-electron chi connectivity index (χ2n) is 7.44. The van der Waals surface area contributed by atoms with Gasteiger partial charge in [0.05, 0.1) is 11.4 Å². The Hall–Kier alpha value is -2.97. The van der Waals surface area contributed by atoms with Crippen LogP contribution < -0.4 is 5.32 Å². The molecule has 0 saturated heterocycles. The van der Waals surface area contributed by atoms with Crippen molar-refractivity contribution < 1.29 is 4.79 Å². The topological polar surface area (TPSA) is 72.7 Å². The summed E-state index contributed by atoms with van der Waals surface area (Å²) in [5.41, 5.74) is 3.79. The Morgan fingerprint density at radius 3 is 2.69 bits per heavy atom. The summed E-state index contributed by atoms with van der Waals surface area (Å²) in [6.07, 6.45) is 3.50. The van der Waals surface area contributed by atoms with Gasteiger partial charge in [-0.1, -0.05) is 65.8 Å². The third-order valence-corrected chi connectivity index (χ3v) is 6.22. The van der Waals surface area contributed by atoms with E-state index < -0.39 is 0 Å². The fourth-order valence-electron chi connectivity index (χ4n) is 3.34. The number of aromatic nitrogens is 4. The lowest BCUT2D eigenvalue weighted by Gasteiger charge is -2.16. The third-order valence-electron chi connectivity index (χ3n) is 4.79. The number of rotatable bonds is 7. The number of carbonyl (C=O) groups is 1. The van der Waals surface area contributed by atoms with Gasteiger partial charge in [0.25, 0.3) is 0 Å². The molecule has 1 N–H and O–H groups in total. The summed E-state index contributed by atoms with van der Waals surface area (Å²) in [7, 11) is 0. The second kappa shape index (κ2) is 10.1. The number of nitrogens with zero attached hydrogens (tertiary/aromatic N) is 4. The van der Waals surface area contributed by atoms with Gasteiger partial charge in [-0.25, -0.2) is 0 Å². The number of para-hydroxylation sites is 1. The van der Waals surface area contributed by atoms with Crippen molar-refractivity contribution in [3.05, 3.63) is 83.1 Å². The van der Waals surface area contributed by atoms with Crippen LogP contribution in [0.2, 0.25) is 0 Å². The van der Waals surface area contributed by atoms with E-state index in [2.05, 4.69) is 62.4 Å². The molecule has 0 atom stereocenters. The van der Waals surface area contributed by atoms with E-state index in [1.54, 1.807) is 12.4 Å². The Balaban J connectivity index is 1.66. The molecule has 2 heterocycles. The van der Waals surface area contributed by atoms with Gasteiger partial charge in [0.1, 0.15) is 0 Å². The maximum absolute atomic E-state index is 12.6. The first-order chi connectivity index (χ1) is 15.5. The summed E-state index contributed by atoms with van der Waals surface area (Å²) < 4.78 is 2.93. The van der Waals surface area contributed by atoms with E-state index in [1.807, 2.05) is 53.1 Å². The Bertz CT molecular complexity index is 1230. The number of carbonyl (C=O) groups excluding carboxylic acids is 1. The van der Waals surface area contributed by atoms with Crippen LogP contribution >= 0.6 is 27.7 Å². The smallest absolute Gasteiger partial charge is 0.234 e. The van der Waals surface area contributed by atoms with Crippen molar-refractivity contribution in [1.29, 1.82) is 0 Å². The van der Waals surface area contributed by atoms with Crippen LogP contribution in [0.3, 0.4) is 0 Å². The molecule has 0 unspecified atom stereocenters. The molecule has 8 heteroatoms. The van der Waals surface area contributed by atoms with Gasteiger partial charge >= 0.3 is 0 Å². The van der Waals surface area contributed by atoms with Crippen LogP contribution in [0.25, 0.3) is 17.1 Å². The van der Waals surface area contributed by atoms with E-state index in [9.17, 15) is 4.79 Å². The molecule has 4 aromatic rings. The molecule has 0 aliphatic heterocycles. The molecule has 0 spiro atoms. The van der Waals surface area contributed by atoms with Crippen molar-refractivity contribution in [3.63, 3.8) is 0 Å². The Labute approximate surface area is 199 Å². The first kappa shape index (κ1) is 22.2. The number of hydrogen-bond donors (Lipinski definition) is 1. The van der Waals surface area contributed by atoms with Crippen LogP contribution in [0.4, 0.5) is 5.69 Å². The SMILES string of the molecule is CC(C)c1ccccc1-n1c(SCC(=O)Nc2cccc(Br)c2)nnc1-c1cccnc1. The van der Waals surface area contributed by atoms with Gasteiger partial charge in [-0.2, -0.15) is 0 Å². The number of pyridine rings is 1. The number of thioether (sulfide) groups is 1. The average Bonchev–Trinajstić information content (AvgIpc) is 3.22. The number of anilines is 1. The van der Waals surface area contributed by atoms with E-state index in [4.69, 9.17) is 0 Å². The molecule has 2 aromatic carbocycles. The van der Waals surface area contributed by atoms with E-state index in [-0.39, 0.29) is 11.7 Å². The Morgan fingerprint density at radius 2 is 1.94 bits per heavy atom. The zero-order valence-electron chi connectivity index (χ0n) is 17.7. The molecular formula is C24H22BrN5OS. The molecule has 0 aliphatic carbocycles. The molecule has 32 heavy (non-hydrogen) atoms. The molecular weight excluding hydrogens is 486 g/mol. The predicted octanol–water partition coefficient (Wildman–Crippen LogP) is 5.95. The standard InChI is InChI=1S/C24H22BrN5OS/c1-16(2)20-10-3-4-11-21(20)30-23(17-7-6-12-26-14-17)28-29-24(30)32-15-22(31)27-19-9-5-8-18(25)13-19/h3-14,16H,15H2,1-2H3,(H,27,31). The van der Waals surface area contributed by atoms with Crippen molar-refractivity contribution in [3.8, 4) is 17.1 Å². The highest BCUT2D eigenvalue weighted by Gasteiger charge is 2.20. The molecule has 162 valence electrons. The Morgan fingerprint density at radius 1 is 1.09 bits per heavy atom. The van der Waals surface area contributed by atoms with Crippen molar-refractivity contribution in [2.24, 2.45) is 0 Å². The summed E-state index contributed by atoms with van der Waals surface area (Å²) >= 11 is 4.78. The zero-order valence-corrected chi connectivity index (χ0v) is 20.1. The lowest BCUT2D eigenvalue weighted by Crippen LogP contribution is -2.14. The van der Waals surface area contributed by atoms with E-state index in [0.29, 0.717) is 16.9 Å². The van der Waals surface area contributed by atoms with E-state index in [1.165, 1.54) is 17.3 Å². The minimum absolute atomic E-state index is 0.109. The molecule has 0 fully saturated rings. The van der Waals surface area contributed by atoms with Gasteiger partial charge in [-0.3, -0.25) is 14.3 Å². The van der Waals surface area contributed by atoms with Crippen LogP contribution in [-0.2, 0) is 4.79 Å². The fourth-order valence-corrected chi connectivity index (χ4v) is 4.48. The summed E-state index contributed by atoms with van der Waals surface area (Å²) in [4.78, 5) is 16.8. The Kier molecular flexibility index (Phi) is 7.02. The highest BCUT2D eigenvalue weighted by Crippen LogP contribution is 2.32. The maximum atomic E-state index is 12.6. The summed E-state index contributed by atoms with van der Waals surface area (Å²) in [6, 6.07) is 19.6. The molecule has 0 radical (unpaired) electrons. The van der Waals surface area contributed by atoms with Crippen molar-refractivity contribution in [2.45, 2.75) is 24.9 Å². The number of benzene rings is 2. The van der Waals surface area contributed by atoms with Gasteiger partial charge in [0.15, 0.2) is 11.0 Å². The third kappa shape index (κ3) is 5.08. The molecule has 4 rings (SSSR count). The van der Waals surface area contributed by atoms with Crippen LogP contribution in [0, 0.1) is 0 Å². The van der Waals surface area contributed by atoms with Gasteiger partial charge in [0, 0.05) is 28.1 Å². The van der Waals surface area contributed by atoms with Gasteiger partial charge in [-0.05, 0) is 47.9 Å². The van der Waals surface area contributed by atoms with Crippen molar-refractivity contribution in [2.75, 3.05) is 11.1 Å². The quantitative estimate of drug-likeness (QED) is 0.313. The normalized spacial score (nSPS) is 11.0. The number of hydrogen-bond acceptors (Lipinski definition) is 5. The first-order valence-corrected chi connectivity index (χ1v) is 11.9. The maximum Gasteiger partial charge on any atom is 0.234 e. The molecule has 6 nitrogen and oxygen atoms in total. The molecule has 0 bridgehead atoms. The van der Waals surface area contributed by atoms with Crippen LogP contribution in [-0.4, -0.2) is 31.4 Å². The molecule has 0 aliphatic rings. The highest BCUT2D eigenvalue weighted by atomic mass is 79.9. The van der Waals surface area contributed by atoms with Gasteiger partial charge in [0.2, 0.25) is 5.91 Å². The van der Waals surface area contributed by atoms with E-state index in [0.717, 1.165) is 21.4 Å². The second-order valence-corrected chi connectivity index (χ2v) is 9.30. The lowest BCUT2D eigenvalue weighted by atomic mass is 10.0. The molecule has 1 amide bonds. The summed E-state index contributed by atoms with van der Waals surface area (Å²) in [5, 5.41) is 12.5. The summed E-state index contributed by atoms with van der Waals surface area (Å²) in [5.74, 6) is 1.11. The zero-order chi connectivity index (χ0) is 22.5. The minimum Gasteiger partial charge on any atom is -0.325 e. The van der Waals surface area contributed by atoms with Crippen molar-refractivity contribution in [1.82, 2.24) is 19.7 Å². The largest absolute Gasteiger partial charge is 0.325 e. The van der Waals surface area contributed by atoms with Gasteiger partial charge < -0.3 is 5.32 Å². The van der Waals surface area contributed by atoms with Crippen LogP contribution in [0.5, 0.6) is 0 Å². The predicted molar refractivity (Wildman–Crippen MR) is 132 cm³/mol. The number of halogens is 1. The van der Waals surface area contributed by atoms with Crippen LogP contribution in [0.15, 0.2) is 82.7 Å². The molecule has 2 aromatic heterocycles. The lowest BCUT2D eigenvalue weighted by molar-refractivity contribution is -0.113. The van der Waals surface area contributed by atoms with Gasteiger partial charge in [-0.15, -0.1) is 10.2 Å². The highest BCUT2D eigenvalue weighted by molar-refractivity contribution is 9.10. The van der Waals surface area contributed by atoms with E-state index >= 15 is 0 Å². The van der Waals surface area contributed by atoms with Crippen molar-refractivity contribution >= 4 is 39.3 Å².